The Morgan fingerprint density at radius 2 is 2.29 bits per heavy atom. The first kappa shape index (κ1) is 13.4. The zero-order valence-corrected chi connectivity index (χ0v) is 9.83. The zero-order valence-electron chi connectivity index (χ0n) is 9.83. The van der Waals surface area contributed by atoms with Crippen LogP contribution in [0.4, 0.5) is 10.1 Å². The average Bonchev–Trinajstić information content (AvgIpc) is 2.34. The highest BCUT2D eigenvalue weighted by Crippen LogP contribution is 2.18. The lowest BCUT2D eigenvalue weighted by molar-refractivity contribution is 0.0505. The second-order valence-corrected chi connectivity index (χ2v) is 3.54. The van der Waals surface area contributed by atoms with E-state index in [9.17, 15) is 9.18 Å². The van der Waals surface area contributed by atoms with Gasteiger partial charge in [-0.3, -0.25) is 0 Å². The van der Waals surface area contributed by atoms with Crippen molar-refractivity contribution >= 4 is 11.7 Å². The first-order valence-corrected chi connectivity index (χ1v) is 5.59. The summed E-state index contributed by atoms with van der Waals surface area (Å²) in [6, 6.07) is 3.96. The van der Waals surface area contributed by atoms with Gasteiger partial charge in [0.05, 0.1) is 12.2 Å². The molecule has 0 unspecified atom stereocenters. The van der Waals surface area contributed by atoms with Gasteiger partial charge >= 0.3 is 5.97 Å². The van der Waals surface area contributed by atoms with Gasteiger partial charge in [0.15, 0.2) is 0 Å². The van der Waals surface area contributed by atoms with Gasteiger partial charge in [0.25, 0.3) is 0 Å². The standard InChI is InChI=1S/C12H17FN2O2/c1-2-7-17-12(16)10-8-9(13)3-4-11(10)15-6-5-14/h3-4,8,15H,2,5-7,14H2,1H3. The van der Waals surface area contributed by atoms with Gasteiger partial charge < -0.3 is 15.8 Å². The fourth-order valence-corrected chi connectivity index (χ4v) is 1.32. The predicted molar refractivity (Wildman–Crippen MR) is 64.5 cm³/mol. The number of carbonyl (C=O) groups excluding carboxylic acids is 1. The Morgan fingerprint density at radius 1 is 1.53 bits per heavy atom. The van der Waals surface area contributed by atoms with E-state index in [1.807, 2.05) is 6.92 Å². The van der Waals surface area contributed by atoms with E-state index >= 15 is 0 Å². The van der Waals surface area contributed by atoms with Gasteiger partial charge in [-0.15, -0.1) is 0 Å². The first-order chi connectivity index (χ1) is 8.19. The third-order valence-corrected chi connectivity index (χ3v) is 2.10. The van der Waals surface area contributed by atoms with Crippen LogP contribution < -0.4 is 11.1 Å². The van der Waals surface area contributed by atoms with Gasteiger partial charge in [0, 0.05) is 18.8 Å². The second-order valence-electron chi connectivity index (χ2n) is 3.54. The molecule has 1 rings (SSSR count). The number of benzene rings is 1. The van der Waals surface area contributed by atoms with Crippen molar-refractivity contribution in [3.05, 3.63) is 29.6 Å². The van der Waals surface area contributed by atoms with Gasteiger partial charge in [0.1, 0.15) is 5.82 Å². The van der Waals surface area contributed by atoms with Crippen LogP contribution in [-0.2, 0) is 4.74 Å². The quantitative estimate of drug-likeness (QED) is 0.744. The molecule has 0 amide bonds. The maximum absolute atomic E-state index is 13.1. The molecule has 0 fully saturated rings. The molecule has 0 aromatic heterocycles. The fraction of sp³-hybridized carbons (Fsp3) is 0.417. The number of hydrogen-bond acceptors (Lipinski definition) is 4. The summed E-state index contributed by atoms with van der Waals surface area (Å²) >= 11 is 0. The zero-order chi connectivity index (χ0) is 12.7. The molecule has 0 spiro atoms. The van der Waals surface area contributed by atoms with Crippen LogP contribution in [0.5, 0.6) is 0 Å². The van der Waals surface area contributed by atoms with Gasteiger partial charge in [-0.05, 0) is 24.6 Å². The summed E-state index contributed by atoms with van der Waals surface area (Å²) in [6.07, 6.45) is 0.729. The SMILES string of the molecule is CCCOC(=O)c1cc(F)ccc1NCCN. The van der Waals surface area contributed by atoms with Gasteiger partial charge in [0.2, 0.25) is 0 Å². The monoisotopic (exact) mass is 240 g/mol. The Bertz CT molecular complexity index is 383. The van der Waals surface area contributed by atoms with Crippen molar-refractivity contribution in [2.24, 2.45) is 5.73 Å². The molecule has 3 N–H and O–H groups in total. The summed E-state index contributed by atoms with van der Waals surface area (Å²) in [6.45, 7) is 3.17. The molecule has 17 heavy (non-hydrogen) atoms. The van der Waals surface area contributed by atoms with Crippen molar-refractivity contribution in [2.75, 3.05) is 25.0 Å². The lowest BCUT2D eigenvalue weighted by atomic mass is 10.1. The Labute approximate surface area is 100.0 Å². The molecular weight excluding hydrogens is 223 g/mol. The molecule has 0 saturated heterocycles. The summed E-state index contributed by atoms with van der Waals surface area (Å²) < 4.78 is 18.1. The van der Waals surface area contributed by atoms with Gasteiger partial charge in [-0.1, -0.05) is 6.92 Å². The van der Waals surface area contributed by atoms with E-state index in [-0.39, 0.29) is 5.56 Å². The van der Waals surface area contributed by atoms with E-state index in [2.05, 4.69) is 5.32 Å². The fourth-order valence-electron chi connectivity index (χ4n) is 1.32. The lowest BCUT2D eigenvalue weighted by Gasteiger charge is -2.11. The number of nitrogens with two attached hydrogens (primary N) is 1. The molecule has 0 aliphatic carbocycles. The Morgan fingerprint density at radius 3 is 2.94 bits per heavy atom. The van der Waals surface area contributed by atoms with Crippen molar-refractivity contribution in [3.8, 4) is 0 Å². The molecule has 1 aromatic carbocycles. The van der Waals surface area contributed by atoms with Crippen LogP contribution >= 0.6 is 0 Å². The number of anilines is 1. The van der Waals surface area contributed by atoms with Gasteiger partial charge in [-0.2, -0.15) is 0 Å². The smallest absolute Gasteiger partial charge is 0.340 e. The second kappa shape index (κ2) is 6.85. The van der Waals surface area contributed by atoms with E-state index in [0.29, 0.717) is 25.4 Å². The summed E-state index contributed by atoms with van der Waals surface area (Å²) in [4.78, 5) is 11.7. The number of nitrogens with one attached hydrogen (secondary N) is 1. The maximum Gasteiger partial charge on any atom is 0.340 e. The van der Waals surface area contributed by atoms with Crippen molar-refractivity contribution in [1.82, 2.24) is 0 Å². The van der Waals surface area contributed by atoms with Crippen LogP contribution in [0.2, 0.25) is 0 Å². The van der Waals surface area contributed by atoms with Crippen LogP contribution in [0.15, 0.2) is 18.2 Å². The van der Waals surface area contributed by atoms with Gasteiger partial charge in [-0.25, -0.2) is 9.18 Å². The minimum absolute atomic E-state index is 0.201. The number of ether oxygens (including phenoxy) is 1. The van der Waals surface area contributed by atoms with E-state index in [1.54, 1.807) is 0 Å². The number of hydrogen-bond donors (Lipinski definition) is 2. The van der Waals surface area contributed by atoms with Crippen LogP contribution in [0.25, 0.3) is 0 Å². The lowest BCUT2D eigenvalue weighted by Crippen LogP contribution is -2.16. The normalized spacial score (nSPS) is 10.1. The van der Waals surface area contributed by atoms with E-state index in [0.717, 1.165) is 12.5 Å². The molecule has 94 valence electrons. The molecule has 0 bridgehead atoms. The summed E-state index contributed by atoms with van der Waals surface area (Å²) in [5.74, 6) is -0.988. The number of carbonyl (C=O) groups is 1. The minimum Gasteiger partial charge on any atom is -0.462 e. The number of rotatable bonds is 6. The largest absolute Gasteiger partial charge is 0.462 e. The van der Waals surface area contributed by atoms with E-state index in [1.165, 1.54) is 12.1 Å². The van der Waals surface area contributed by atoms with Crippen LogP contribution in [0.3, 0.4) is 0 Å². The molecule has 5 heteroatoms. The Hall–Kier alpha value is -1.62. The van der Waals surface area contributed by atoms with Crippen LogP contribution in [0.1, 0.15) is 23.7 Å². The Kier molecular flexibility index (Phi) is 5.42. The minimum atomic E-state index is -0.522. The van der Waals surface area contributed by atoms with Crippen LogP contribution in [-0.4, -0.2) is 25.7 Å². The molecule has 0 atom stereocenters. The van der Waals surface area contributed by atoms with E-state index < -0.39 is 11.8 Å². The molecule has 0 heterocycles. The highest BCUT2D eigenvalue weighted by Gasteiger charge is 2.13. The Balaban J connectivity index is 2.85. The number of esters is 1. The summed E-state index contributed by atoms with van der Waals surface area (Å²) in [5, 5.41) is 2.95. The third-order valence-electron chi connectivity index (χ3n) is 2.10. The molecule has 1 aromatic rings. The molecule has 0 aliphatic rings. The van der Waals surface area contributed by atoms with Crippen molar-refractivity contribution in [1.29, 1.82) is 0 Å². The maximum atomic E-state index is 13.1. The molecule has 0 aliphatic heterocycles. The molecular formula is C12H17FN2O2. The molecule has 0 saturated carbocycles. The van der Waals surface area contributed by atoms with Crippen LogP contribution in [0, 0.1) is 5.82 Å². The van der Waals surface area contributed by atoms with Crippen molar-refractivity contribution in [2.45, 2.75) is 13.3 Å². The third kappa shape index (κ3) is 4.03. The molecule has 4 nitrogen and oxygen atoms in total. The van der Waals surface area contributed by atoms with E-state index in [4.69, 9.17) is 10.5 Å². The summed E-state index contributed by atoms with van der Waals surface area (Å²) in [5.41, 5.74) is 6.10. The first-order valence-electron chi connectivity index (χ1n) is 5.59. The highest BCUT2D eigenvalue weighted by molar-refractivity contribution is 5.95. The predicted octanol–water partition coefficient (Wildman–Crippen LogP) is 1.76. The topological polar surface area (TPSA) is 64.3 Å². The summed E-state index contributed by atoms with van der Waals surface area (Å²) in [7, 11) is 0. The molecule has 0 radical (unpaired) electrons. The highest BCUT2D eigenvalue weighted by atomic mass is 19.1. The average molecular weight is 240 g/mol. The van der Waals surface area contributed by atoms with Crippen molar-refractivity contribution in [3.63, 3.8) is 0 Å². The number of halogens is 1. The van der Waals surface area contributed by atoms with Crippen molar-refractivity contribution < 1.29 is 13.9 Å².